The maximum absolute atomic E-state index is 11.5. The summed E-state index contributed by atoms with van der Waals surface area (Å²) < 4.78 is 11.5. The Kier molecular flexibility index (Phi) is 4.37. The molecule has 5 nitrogen and oxygen atoms in total. The van der Waals surface area contributed by atoms with Crippen LogP contribution in [0.4, 0.5) is 0 Å². The van der Waals surface area contributed by atoms with Gasteiger partial charge in [0, 0.05) is 0 Å². The second kappa shape index (κ2) is 5.90. The minimum atomic E-state index is -4.45. The van der Waals surface area contributed by atoms with Crippen molar-refractivity contribution >= 4 is 12.9 Å². The quantitative estimate of drug-likeness (QED) is 0.649. The third-order valence-corrected chi connectivity index (χ3v) is 4.39. The van der Waals surface area contributed by atoms with Gasteiger partial charge in [0.1, 0.15) is 11.5 Å². The van der Waals surface area contributed by atoms with Gasteiger partial charge in [0.2, 0.25) is 0 Å². The number of hydrogen-bond acceptors (Lipinski definition) is 3. The van der Waals surface area contributed by atoms with Crippen LogP contribution in [0, 0.1) is 0 Å². The van der Waals surface area contributed by atoms with E-state index in [-0.39, 0.29) is 22.7 Å². The number of rotatable bonds is 4. The maximum Gasteiger partial charge on any atom is 0.356 e. The van der Waals surface area contributed by atoms with E-state index in [0.717, 1.165) is 11.6 Å². The van der Waals surface area contributed by atoms with Crippen molar-refractivity contribution in [3.05, 3.63) is 53.6 Å². The van der Waals surface area contributed by atoms with Crippen LogP contribution >= 0.6 is 7.60 Å². The Bertz CT molecular complexity index is 692. The lowest BCUT2D eigenvalue weighted by Gasteiger charge is -2.16. The molecule has 2 aromatic rings. The van der Waals surface area contributed by atoms with Crippen molar-refractivity contribution in [2.24, 2.45) is 0 Å². The van der Waals surface area contributed by atoms with E-state index in [1.54, 1.807) is 18.2 Å². The third-order valence-electron chi connectivity index (χ3n) is 3.35. The van der Waals surface area contributed by atoms with E-state index >= 15 is 0 Å². The summed E-state index contributed by atoms with van der Waals surface area (Å²) in [4.78, 5) is 18.8. The van der Waals surface area contributed by atoms with Crippen LogP contribution in [0.25, 0.3) is 0 Å². The SMILES string of the molecule is CC(Cc1ccc(O)cc1P(=O)(O)O)c1cccc(O)c1. The lowest BCUT2D eigenvalue weighted by molar-refractivity contribution is 0.386. The van der Waals surface area contributed by atoms with Gasteiger partial charge in [-0.25, -0.2) is 0 Å². The number of phenols is 2. The molecule has 2 aromatic carbocycles. The van der Waals surface area contributed by atoms with Crippen LogP contribution in [0.5, 0.6) is 11.5 Å². The fourth-order valence-corrected chi connectivity index (χ4v) is 3.12. The molecule has 1 unspecified atom stereocenters. The van der Waals surface area contributed by atoms with Crippen molar-refractivity contribution < 1.29 is 24.6 Å². The molecule has 0 saturated heterocycles. The molecule has 4 N–H and O–H groups in total. The van der Waals surface area contributed by atoms with E-state index < -0.39 is 7.60 Å². The number of hydrogen-bond donors (Lipinski definition) is 4. The van der Waals surface area contributed by atoms with Crippen LogP contribution in [0.15, 0.2) is 42.5 Å². The van der Waals surface area contributed by atoms with Gasteiger partial charge >= 0.3 is 7.60 Å². The van der Waals surface area contributed by atoms with E-state index in [9.17, 15) is 24.6 Å². The zero-order chi connectivity index (χ0) is 15.6. The lowest BCUT2D eigenvalue weighted by atomic mass is 9.93. The van der Waals surface area contributed by atoms with E-state index in [1.165, 1.54) is 12.1 Å². The molecule has 0 saturated carbocycles. The zero-order valence-corrected chi connectivity index (χ0v) is 12.4. The molecule has 1 atom stereocenters. The first-order chi connectivity index (χ1) is 9.77. The zero-order valence-electron chi connectivity index (χ0n) is 11.5. The van der Waals surface area contributed by atoms with Gasteiger partial charge in [-0.15, -0.1) is 0 Å². The topological polar surface area (TPSA) is 98.0 Å². The van der Waals surface area contributed by atoms with Crippen molar-refractivity contribution in [1.29, 1.82) is 0 Å². The minimum absolute atomic E-state index is 0.0352. The van der Waals surface area contributed by atoms with Gasteiger partial charge in [0.15, 0.2) is 0 Å². The molecule has 0 aromatic heterocycles. The summed E-state index contributed by atoms with van der Waals surface area (Å²) in [5.74, 6) is -0.0608. The minimum Gasteiger partial charge on any atom is -0.508 e. The summed E-state index contributed by atoms with van der Waals surface area (Å²) in [5, 5.41) is 18.7. The second-order valence-corrected chi connectivity index (χ2v) is 6.63. The van der Waals surface area contributed by atoms with Crippen LogP contribution in [0.2, 0.25) is 0 Å². The van der Waals surface area contributed by atoms with E-state index in [1.807, 2.05) is 13.0 Å². The predicted octanol–water partition coefficient (Wildman–Crippen LogP) is 2.25. The van der Waals surface area contributed by atoms with Crippen molar-refractivity contribution in [3.8, 4) is 11.5 Å². The van der Waals surface area contributed by atoms with E-state index in [0.29, 0.717) is 12.0 Å². The molecule has 0 aliphatic heterocycles. The standard InChI is InChI=1S/C15H17O5P/c1-10(11-3-2-4-13(16)8-11)7-12-5-6-14(17)9-15(12)21(18,19)20/h2-6,8-10,16-17H,7H2,1H3,(H2,18,19,20). The van der Waals surface area contributed by atoms with Crippen molar-refractivity contribution in [1.82, 2.24) is 0 Å². The third kappa shape index (κ3) is 3.85. The van der Waals surface area contributed by atoms with Gasteiger partial charge < -0.3 is 20.0 Å². The Morgan fingerprint density at radius 1 is 1.05 bits per heavy atom. The molecule has 0 bridgehead atoms. The van der Waals surface area contributed by atoms with E-state index in [2.05, 4.69) is 0 Å². The highest BCUT2D eigenvalue weighted by Gasteiger charge is 2.23. The Morgan fingerprint density at radius 3 is 2.33 bits per heavy atom. The van der Waals surface area contributed by atoms with Crippen LogP contribution < -0.4 is 5.30 Å². The van der Waals surface area contributed by atoms with Gasteiger partial charge in [-0.3, -0.25) is 4.57 Å². The number of benzene rings is 2. The fraction of sp³-hybridized carbons (Fsp3) is 0.200. The summed E-state index contributed by atoms with van der Waals surface area (Å²) in [6, 6.07) is 10.8. The molecule has 0 aliphatic rings. The van der Waals surface area contributed by atoms with Gasteiger partial charge in [-0.2, -0.15) is 0 Å². The molecule has 0 radical (unpaired) electrons. The summed E-state index contributed by atoms with van der Waals surface area (Å²) in [6.45, 7) is 1.91. The predicted molar refractivity (Wildman–Crippen MR) is 80.0 cm³/mol. The molecule has 0 spiro atoms. The Morgan fingerprint density at radius 2 is 1.71 bits per heavy atom. The average Bonchev–Trinajstić information content (AvgIpc) is 2.39. The summed E-state index contributed by atoms with van der Waals surface area (Å²) in [5.41, 5.74) is 1.36. The fourth-order valence-electron chi connectivity index (χ4n) is 2.28. The Balaban J connectivity index is 2.33. The normalized spacial score (nSPS) is 13.1. The highest BCUT2D eigenvalue weighted by Crippen LogP contribution is 2.37. The first kappa shape index (κ1) is 15.6. The summed E-state index contributed by atoms with van der Waals surface area (Å²) in [7, 11) is -4.45. The van der Waals surface area contributed by atoms with Gasteiger partial charge in [0.25, 0.3) is 0 Å². The molecule has 0 heterocycles. The molecule has 21 heavy (non-hydrogen) atoms. The monoisotopic (exact) mass is 308 g/mol. The maximum atomic E-state index is 11.5. The van der Waals surface area contributed by atoms with Gasteiger partial charge in [0.05, 0.1) is 5.30 Å². The Hall–Kier alpha value is -1.81. The largest absolute Gasteiger partial charge is 0.508 e. The summed E-state index contributed by atoms with van der Waals surface area (Å²) >= 11 is 0. The van der Waals surface area contributed by atoms with Crippen molar-refractivity contribution in [2.75, 3.05) is 0 Å². The highest BCUT2D eigenvalue weighted by atomic mass is 31.2. The highest BCUT2D eigenvalue weighted by molar-refractivity contribution is 7.60. The van der Waals surface area contributed by atoms with Crippen LogP contribution in [-0.4, -0.2) is 20.0 Å². The van der Waals surface area contributed by atoms with Crippen LogP contribution in [-0.2, 0) is 11.0 Å². The van der Waals surface area contributed by atoms with Crippen LogP contribution in [0.3, 0.4) is 0 Å². The molecule has 112 valence electrons. The lowest BCUT2D eigenvalue weighted by Crippen LogP contribution is -2.13. The Labute approximate surface area is 122 Å². The molecule has 0 aliphatic carbocycles. The van der Waals surface area contributed by atoms with Crippen molar-refractivity contribution in [3.63, 3.8) is 0 Å². The van der Waals surface area contributed by atoms with Gasteiger partial charge in [-0.1, -0.05) is 25.1 Å². The smallest absolute Gasteiger partial charge is 0.356 e. The molecule has 0 fully saturated rings. The molecule has 6 heteroatoms. The average molecular weight is 308 g/mol. The molecule has 0 amide bonds. The first-order valence-electron chi connectivity index (χ1n) is 6.44. The van der Waals surface area contributed by atoms with Crippen molar-refractivity contribution in [2.45, 2.75) is 19.3 Å². The molecule has 2 rings (SSSR count). The number of aromatic hydroxyl groups is 2. The summed E-state index contributed by atoms with van der Waals surface area (Å²) in [6.07, 6.45) is 0.393. The molecular weight excluding hydrogens is 291 g/mol. The van der Waals surface area contributed by atoms with E-state index in [4.69, 9.17) is 0 Å². The molecular formula is C15H17O5P. The second-order valence-electron chi connectivity index (χ2n) is 5.06. The van der Waals surface area contributed by atoms with Gasteiger partial charge in [-0.05, 0) is 47.7 Å². The van der Waals surface area contributed by atoms with Crippen LogP contribution in [0.1, 0.15) is 24.0 Å². The number of phenolic OH excluding ortho intramolecular Hbond substituents is 2. The first-order valence-corrected chi connectivity index (χ1v) is 8.05.